The number of nitrogens with one attached hydrogen (secondary N) is 1. The molecule has 0 saturated carbocycles. The molecule has 0 aliphatic rings. The molecule has 1 atom stereocenters. The molecule has 2 aromatic rings. The second-order valence-corrected chi connectivity index (χ2v) is 3.64. The highest BCUT2D eigenvalue weighted by Gasteiger charge is 1.87. The predicted molar refractivity (Wildman–Crippen MR) is 75.6 cm³/mol. The maximum atomic E-state index is 2.99. The highest BCUT2D eigenvalue weighted by molar-refractivity contribution is 7.18. The third-order valence-corrected chi connectivity index (χ3v) is 2.53. The molecule has 2 rings (SSSR count). The normalized spacial score (nSPS) is 8.88. The molecule has 1 N–H and O–H groups in total. The number of rotatable bonds is 2. The average molecular weight is 231 g/mol. The van der Waals surface area contributed by atoms with Gasteiger partial charge in [0.2, 0.25) is 0 Å². The average Bonchev–Trinajstić information content (AvgIpc) is 2.41. The molecule has 1 unspecified atom stereocenters. The van der Waals surface area contributed by atoms with Crippen LogP contribution in [0.25, 0.3) is 0 Å². The van der Waals surface area contributed by atoms with Crippen LogP contribution in [0.2, 0.25) is 0 Å². The summed E-state index contributed by atoms with van der Waals surface area (Å²) in [5.74, 6) is 0. The zero-order valence-electron chi connectivity index (χ0n) is 9.56. The lowest BCUT2D eigenvalue weighted by molar-refractivity contribution is 1.14. The van der Waals surface area contributed by atoms with Crippen molar-refractivity contribution in [2.24, 2.45) is 0 Å². The van der Waals surface area contributed by atoms with Gasteiger partial charge in [-0.1, -0.05) is 55.5 Å². The van der Waals surface area contributed by atoms with E-state index in [1.165, 1.54) is 5.56 Å². The molecule has 0 fully saturated rings. The van der Waals surface area contributed by atoms with E-state index >= 15 is 0 Å². The molecule has 0 heterocycles. The highest BCUT2D eigenvalue weighted by atomic mass is 31.0. The molecule has 0 bridgehead atoms. The van der Waals surface area contributed by atoms with Crippen LogP contribution in [0.5, 0.6) is 0 Å². The zero-order chi connectivity index (χ0) is 11.6. The van der Waals surface area contributed by atoms with Crippen molar-refractivity contribution >= 4 is 15.1 Å². The number of hydrogen-bond donors (Lipinski definition) is 1. The minimum absolute atomic E-state index is 1.11. The lowest BCUT2D eigenvalue weighted by Crippen LogP contribution is -1.81. The van der Waals surface area contributed by atoms with Crippen molar-refractivity contribution in [3.8, 4) is 0 Å². The van der Waals surface area contributed by atoms with Crippen LogP contribution in [0.4, 0.5) is 5.69 Å². The number of benzene rings is 2. The topological polar surface area (TPSA) is 12.0 Å². The van der Waals surface area contributed by atoms with Crippen molar-refractivity contribution in [3.63, 3.8) is 0 Å². The first-order valence-corrected chi connectivity index (χ1v) is 6.00. The maximum Gasteiger partial charge on any atom is 0.0368 e. The molecule has 1 nitrogen and oxygen atoms in total. The number of hydrogen-bond acceptors (Lipinski definition) is 1. The van der Waals surface area contributed by atoms with Crippen molar-refractivity contribution in [1.82, 2.24) is 0 Å². The summed E-state index contributed by atoms with van der Waals surface area (Å²) in [5.41, 5.74) is 2.52. The molecule has 2 aromatic carbocycles. The van der Waals surface area contributed by atoms with E-state index in [4.69, 9.17) is 0 Å². The minimum Gasteiger partial charge on any atom is -0.369 e. The van der Waals surface area contributed by atoms with Crippen LogP contribution in [0.1, 0.15) is 12.5 Å². The molecule has 84 valence electrons. The predicted octanol–water partition coefficient (Wildman–Crippen LogP) is 4.14. The van der Waals surface area contributed by atoms with Crippen LogP contribution in [0.15, 0.2) is 60.7 Å². The first-order chi connectivity index (χ1) is 7.86. The Bertz CT molecular complexity index is 320. The fraction of sp³-hybridized carbons (Fsp3) is 0.143. The summed E-state index contributed by atoms with van der Waals surface area (Å²) < 4.78 is 0. The SMILES string of the molecule is CCc1ccc(NP)cc1.c1ccccc1. The highest BCUT2D eigenvalue weighted by Crippen LogP contribution is 2.10. The molecule has 2 heteroatoms. The lowest BCUT2D eigenvalue weighted by atomic mass is 10.2. The van der Waals surface area contributed by atoms with Gasteiger partial charge in [-0.05, 0) is 33.5 Å². The molecule has 0 aromatic heterocycles. The Labute approximate surface area is 100 Å². The molecule has 0 spiro atoms. The summed E-state index contributed by atoms with van der Waals surface area (Å²) in [6, 6.07) is 20.4. The van der Waals surface area contributed by atoms with E-state index in [2.05, 4.69) is 45.7 Å². The van der Waals surface area contributed by atoms with Gasteiger partial charge in [-0.3, -0.25) is 0 Å². The van der Waals surface area contributed by atoms with E-state index in [-0.39, 0.29) is 0 Å². The summed E-state index contributed by atoms with van der Waals surface area (Å²) >= 11 is 0. The van der Waals surface area contributed by atoms with E-state index < -0.39 is 0 Å². The second kappa shape index (κ2) is 7.90. The van der Waals surface area contributed by atoms with E-state index in [9.17, 15) is 0 Å². The van der Waals surface area contributed by atoms with E-state index in [1.807, 2.05) is 36.4 Å². The Morgan fingerprint density at radius 3 is 1.62 bits per heavy atom. The summed E-state index contributed by atoms with van der Waals surface area (Å²) in [5, 5.41) is 2.99. The van der Waals surface area contributed by atoms with Gasteiger partial charge in [-0.15, -0.1) is 0 Å². The van der Waals surface area contributed by atoms with Gasteiger partial charge >= 0.3 is 0 Å². The standard InChI is InChI=1S/C8H12NP.C6H6/c1-2-7-3-5-8(9-10)6-4-7;1-2-4-6-5-3-1/h3-6,9H,2,10H2,1H3;1-6H. The Morgan fingerprint density at radius 2 is 1.31 bits per heavy atom. The summed E-state index contributed by atoms with van der Waals surface area (Å²) in [6.45, 7) is 2.16. The van der Waals surface area contributed by atoms with E-state index in [0.29, 0.717) is 0 Å². The summed E-state index contributed by atoms with van der Waals surface area (Å²) in [7, 11) is 2.47. The molecular weight excluding hydrogens is 213 g/mol. The Balaban J connectivity index is 0.000000181. The van der Waals surface area contributed by atoms with Gasteiger partial charge < -0.3 is 5.09 Å². The van der Waals surface area contributed by atoms with Crippen molar-refractivity contribution in [1.29, 1.82) is 0 Å². The third-order valence-electron chi connectivity index (χ3n) is 2.20. The van der Waals surface area contributed by atoms with Crippen LogP contribution in [-0.2, 0) is 6.42 Å². The first-order valence-electron chi connectivity index (χ1n) is 5.42. The summed E-state index contributed by atoms with van der Waals surface area (Å²) in [4.78, 5) is 0. The minimum atomic E-state index is 1.11. The molecule has 0 aliphatic carbocycles. The van der Waals surface area contributed by atoms with Crippen LogP contribution >= 0.6 is 9.39 Å². The van der Waals surface area contributed by atoms with Crippen LogP contribution in [0, 0.1) is 0 Å². The van der Waals surface area contributed by atoms with Crippen molar-refractivity contribution in [2.75, 3.05) is 5.09 Å². The fourth-order valence-corrected chi connectivity index (χ4v) is 1.41. The Morgan fingerprint density at radius 1 is 0.875 bits per heavy atom. The van der Waals surface area contributed by atoms with Gasteiger partial charge in [0.1, 0.15) is 0 Å². The van der Waals surface area contributed by atoms with Crippen LogP contribution in [0.3, 0.4) is 0 Å². The van der Waals surface area contributed by atoms with Crippen molar-refractivity contribution in [2.45, 2.75) is 13.3 Å². The fourth-order valence-electron chi connectivity index (χ4n) is 1.22. The van der Waals surface area contributed by atoms with Gasteiger partial charge in [-0.25, -0.2) is 0 Å². The number of aryl methyl sites for hydroxylation is 1. The monoisotopic (exact) mass is 231 g/mol. The number of anilines is 1. The molecule has 0 amide bonds. The van der Waals surface area contributed by atoms with Gasteiger partial charge in [-0.2, -0.15) is 0 Å². The molecule has 0 radical (unpaired) electrons. The first kappa shape index (κ1) is 12.7. The second-order valence-electron chi connectivity index (χ2n) is 3.35. The molecule has 0 saturated heterocycles. The van der Waals surface area contributed by atoms with Gasteiger partial charge in [0.25, 0.3) is 0 Å². The smallest absolute Gasteiger partial charge is 0.0368 e. The Kier molecular flexibility index (Phi) is 6.29. The van der Waals surface area contributed by atoms with Gasteiger partial charge in [0.05, 0.1) is 0 Å². The van der Waals surface area contributed by atoms with Crippen molar-refractivity contribution in [3.05, 3.63) is 66.2 Å². The zero-order valence-corrected chi connectivity index (χ0v) is 10.7. The van der Waals surface area contributed by atoms with E-state index in [0.717, 1.165) is 12.1 Å². The Hall–Kier alpha value is -1.33. The molecule has 0 aliphatic heterocycles. The lowest BCUT2D eigenvalue weighted by Gasteiger charge is -1.99. The third kappa shape index (κ3) is 4.95. The van der Waals surface area contributed by atoms with Crippen LogP contribution < -0.4 is 5.09 Å². The summed E-state index contributed by atoms with van der Waals surface area (Å²) in [6.07, 6.45) is 1.11. The van der Waals surface area contributed by atoms with Gasteiger partial charge in [0, 0.05) is 5.69 Å². The maximum absolute atomic E-state index is 2.99. The van der Waals surface area contributed by atoms with Crippen molar-refractivity contribution < 1.29 is 0 Å². The quantitative estimate of drug-likeness (QED) is 0.766. The van der Waals surface area contributed by atoms with Crippen LogP contribution in [-0.4, -0.2) is 0 Å². The molecule has 16 heavy (non-hydrogen) atoms. The molecular formula is C14H18NP. The largest absolute Gasteiger partial charge is 0.369 e. The van der Waals surface area contributed by atoms with Gasteiger partial charge in [0.15, 0.2) is 0 Å². The van der Waals surface area contributed by atoms with E-state index in [1.54, 1.807) is 0 Å².